The Labute approximate surface area is 110 Å². The molecule has 1 aromatic carbocycles. The van der Waals surface area contributed by atoms with Gasteiger partial charge in [-0.15, -0.1) is 0 Å². The summed E-state index contributed by atoms with van der Waals surface area (Å²) in [6, 6.07) is 8.94. The van der Waals surface area contributed by atoms with Crippen LogP contribution in [-0.4, -0.2) is 18.2 Å². The molecule has 4 nitrogen and oxygen atoms in total. The monoisotopic (exact) mass is 255 g/mol. The van der Waals surface area contributed by atoms with Crippen molar-refractivity contribution < 1.29 is 14.0 Å². The number of hydrogen-bond acceptors (Lipinski definition) is 3. The number of carbonyl (C=O) groups is 2. The fraction of sp³-hybridized carbons (Fsp3) is 0.200. The largest absolute Gasteiger partial charge is 0.459 e. The van der Waals surface area contributed by atoms with Gasteiger partial charge in [-0.2, -0.15) is 0 Å². The van der Waals surface area contributed by atoms with Gasteiger partial charge in [-0.1, -0.05) is 12.1 Å². The van der Waals surface area contributed by atoms with Gasteiger partial charge >= 0.3 is 0 Å². The fourth-order valence-electron chi connectivity index (χ4n) is 2.34. The summed E-state index contributed by atoms with van der Waals surface area (Å²) in [5, 5.41) is 0. The van der Waals surface area contributed by atoms with Crippen LogP contribution in [0.2, 0.25) is 0 Å². The second-order valence-electron chi connectivity index (χ2n) is 4.58. The van der Waals surface area contributed by atoms with Gasteiger partial charge in [0.15, 0.2) is 11.5 Å². The molecular formula is C15H13NO3. The zero-order valence-corrected chi connectivity index (χ0v) is 10.6. The van der Waals surface area contributed by atoms with Crippen molar-refractivity contribution >= 4 is 17.4 Å². The summed E-state index contributed by atoms with van der Waals surface area (Å²) >= 11 is 0. The van der Waals surface area contributed by atoms with Crippen LogP contribution in [0.15, 0.2) is 41.0 Å². The van der Waals surface area contributed by atoms with Crippen molar-refractivity contribution in [3.05, 3.63) is 53.5 Å². The third-order valence-corrected chi connectivity index (χ3v) is 3.36. The minimum atomic E-state index is -0.192. The average molecular weight is 255 g/mol. The predicted octanol–water partition coefficient (Wildman–Crippen LogP) is 2.82. The maximum absolute atomic E-state index is 12.5. The number of furan rings is 1. The van der Waals surface area contributed by atoms with Crippen LogP contribution in [0.5, 0.6) is 0 Å². The number of benzene rings is 1. The van der Waals surface area contributed by atoms with Gasteiger partial charge in [-0.3, -0.25) is 9.59 Å². The van der Waals surface area contributed by atoms with Crippen molar-refractivity contribution in [3.63, 3.8) is 0 Å². The molecule has 4 heteroatoms. The normalized spacial score (nSPS) is 14.4. The number of anilines is 1. The van der Waals surface area contributed by atoms with Crippen LogP contribution in [0.1, 0.15) is 32.9 Å². The molecule has 0 aliphatic carbocycles. The average Bonchev–Trinajstić information content (AvgIpc) is 2.85. The minimum Gasteiger partial charge on any atom is -0.459 e. The van der Waals surface area contributed by atoms with Gasteiger partial charge in [0.05, 0.1) is 12.0 Å². The summed E-state index contributed by atoms with van der Waals surface area (Å²) in [5.41, 5.74) is 2.07. The third kappa shape index (κ3) is 1.85. The molecule has 0 saturated carbocycles. The maximum atomic E-state index is 12.5. The zero-order valence-electron chi connectivity index (χ0n) is 10.6. The van der Waals surface area contributed by atoms with Crippen molar-refractivity contribution in [2.24, 2.45) is 0 Å². The third-order valence-electron chi connectivity index (χ3n) is 3.36. The second-order valence-corrected chi connectivity index (χ2v) is 4.58. The van der Waals surface area contributed by atoms with Crippen LogP contribution in [0.25, 0.3) is 0 Å². The first-order valence-corrected chi connectivity index (χ1v) is 6.16. The van der Waals surface area contributed by atoms with Crippen molar-refractivity contribution in [1.82, 2.24) is 0 Å². The first-order chi connectivity index (χ1) is 9.18. The highest BCUT2D eigenvalue weighted by atomic mass is 16.3. The lowest BCUT2D eigenvalue weighted by Gasteiger charge is -2.28. The number of nitrogens with zero attached hydrogens (tertiary/aromatic N) is 1. The fourth-order valence-corrected chi connectivity index (χ4v) is 2.34. The molecule has 3 rings (SSSR count). The molecule has 96 valence electrons. The molecule has 1 aromatic heterocycles. The number of para-hydroxylation sites is 1. The van der Waals surface area contributed by atoms with Gasteiger partial charge in [0, 0.05) is 24.1 Å². The van der Waals surface area contributed by atoms with Gasteiger partial charge in [0.2, 0.25) is 0 Å². The van der Waals surface area contributed by atoms with Gasteiger partial charge in [0.25, 0.3) is 5.91 Å². The highest BCUT2D eigenvalue weighted by molar-refractivity contribution is 6.12. The number of rotatable bonds is 1. The lowest BCUT2D eigenvalue weighted by atomic mass is 10.00. The number of Topliss-reactive ketones (excluding diaryl/α,β-unsaturated/α-hetero) is 1. The standard InChI is InChI=1S/C15H13NO3/c1-10-7-9-19-14(10)15(18)16-8-6-13(17)11-4-2-3-5-12(11)16/h2-5,7,9H,6,8H2,1H3. The van der Waals surface area contributed by atoms with Crippen molar-refractivity contribution in [2.45, 2.75) is 13.3 Å². The van der Waals surface area contributed by atoms with E-state index in [9.17, 15) is 9.59 Å². The van der Waals surface area contributed by atoms with Gasteiger partial charge in [-0.05, 0) is 25.1 Å². The van der Waals surface area contributed by atoms with E-state index >= 15 is 0 Å². The van der Waals surface area contributed by atoms with Gasteiger partial charge < -0.3 is 9.32 Å². The topological polar surface area (TPSA) is 50.5 Å². The van der Waals surface area contributed by atoms with E-state index in [4.69, 9.17) is 4.42 Å². The molecule has 0 unspecified atom stereocenters. The Morgan fingerprint density at radius 1 is 1.26 bits per heavy atom. The van der Waals surface area contributed by atoms with Gasteiger partial charge in [-0.25, -0.2) is 0 Å². The number of ketones is 1. The molecule has 1 aliphatic heterocycles. The first-order valence-electron chi connectivity index (χ1n) is 6.16. The van der Waals surface area contributed by atoms with E-state index in [0.717, 1.165) is 5.56 Å². The zero-order chi connectivity index (χ0) is 13.4. The van der Waals surface area contributed by atoms with E-state index in [1.54, 1.807) is 23.1 Å². The van der Waals surface area contributed by atoms with E-state index in [-0.39, 0.29) is 11.7 Å². The van der Waals surface area contributed by atoms with Crippen molar-refractivity contribution in [1.29, 1.82) is 0 Å². The molecule has 1 aliphatic rings. The number of aryl methyl sites for hydroxylation is 1. The van der Waals surface area contributed by atoms with Gasteiger partial charge in [0.1, 0.15) is 0 Å². The maximum Gasteiger partial charge on any atom is 0.294 e. The van der Waals surface area contributed by atoms with Crippen LogP contribution >= 0.6 is 0 Å². The molecule has 2 heterocycles. The Morgan fingerprint density at radius 3 is 2.79 bits per heavy atom. The summed E-state index contributed by atoms with van der Waals surface area (Å²) < 4.78 is 5.25. The number of amides is 1. The lowest BCUT2D eigenvalue weighted by molar-refractivity contribution is 0.0938. The summed E-state index contributed by atoms with van der Waals surface area (Å²) in [5.74, 6) is 0.224. The molecule has 1 amide bonds. The van der Waals surface area contributed by atoms with Crippen LogP contribution in [0.4, 0.5) is 5.69 Å². The Hall–Kier alpha value is -2.36. The molecular weight excluding hydrogens is 242 g/mol. The van der Waals surface area contributed by atoms with Crippen LogP contribution < -0.4 is 4.90 Å². The van der Waals surface area contributed by atoms with E-state index in [1.807, 2.05) is 19.1 Å². The highest BCUT2D eigenvalue weighted by Crippen LogP contribution is 2.28. The first kappa shape index (κ1) is 11.7. The molecule has 2 aromatic rings. The summed E-state index contributed by atoms with van der Waals surface area (Å²) in [6.07, 6.45) is 1.85. The Bertz CT molecular complexity index is 657. The predicted molar refractivity (Wildman–Crippen MR) is 70.5 cm³/mol. The molecule has 0 fully saturated rings. The number of carbonyl (C=O) groups excluding carboxylic acids is 2. The summed E-state index contributed by atoms with van der Waals surface area (Å²) in [4.78, 5) is 25.9. The minimum absolute atomic E-state index is 0.0795. The molecule has 0 bridgehead atoms. The van der Waals surface area contributed by atoms with Crippen LogP contribution in [0.3, 0.4) is 0 Å². The van der Waals surface area contributed by atoms with E-state index < -0.39 is 0 Å². The molecule has 0 radical (unpaired) electrons. The Morgan fingerprint density at radius 2 is 2.05 bits per heavy atom. The second kappa shape index (κ2) is 4.39. The van der Waals surface area contributed by atoms with E-state index in [0.29, 0.717) is 30.0 Å². The van der Waals surface area contributed by atoms with Crippen LogP contribution in [-0.2, 0) is 0 Å². The highest BCUT2D eigenvalue weighted by Gasteiger charge is 2.29. The molecule has 19 heavy (non-hydrogen) atoms. The lowest BCUT2D eigenvalue weighted by Crippen LogP contribution is -2.37. The molecule has 0 N–H and O–H groups in total. The Kier molecular flexibility index (Phi) is 2.71. The quantitative estimate of drug-likeness (QED) is 0.787. The van der Waals surface area contributed by atoms with Crippen LogP contribution in [0, 0.1) is 6.92 Å². The smallest absolute Gasteiger partial charge is 0.294 e. The van der Waals surface area contributed by atoms with E-state index in [2.05, 4.69) is 0 Å². The molecule has 0 saturated heterocycles. The molecule has 0 atom stereocenters. The summed E-state index contributed by atoms with van der Waals surface area (Å²) in [6.45, 7) is 2.23. The van der Waals surface area contributed by atoms with Crippen molar-refractivity contribution in [2.75, 3.05) is 11.4 Å². The van der Waals surface area contributed by atoms with E-state index in [1.165, 1.54) is 6.26 Å². The number of hydrogen-bond donors (Lipinski definition) is 0. The SMILES string of the molecule is Cc1ccoc1C(=O)N1CCC(=O)c2ccccc21. The van der Waals surface area contributed by atoms with Crippen molar-refractivity contribution in [3.8, 4) is 0 Å². The molecule has 0 spiro atoms. The summed E-state index contributed by atoms with van der Waals surface area (Å²) in [7, 11) is 0. The Balaban J connectivity index is 2.04. The number of fused-ring (bicyclic) bond motifs is 1.